The van der Waals surface area contributed by atoms with Crippen molar-refractivity contribution in [3.05, 3.63) is 47.3 Å². The van der Waals surface area contributed by atoms with E-state index in [1.54, 1.807) is 12.1 Å². The van der Waals surface area contributed by atoms with Crippen LogP contribution in [0.4, 0.5) is 0 Å². The fourth-order valence-electron chi connectivity index (χ4n) is 1.88. The topological polar surface area (TPSA) is 72.2 Å². The maximum Gasteiger partial charge on any atom is 0.175 e. The second-order valence-corrected chi connectivity index (χ2v) is 6.89. The predicted octanol–water partition coefficient (Wildman–Crippen LogP) is 2.24. The van der Waals surface area contributed by atoms with Gasteiger partial charge in [-0.3, -0.25) is 0 Å². The first-order chi connectivity index (χ1) is 9.36. The van der Waals surface area contributed by atoms with Crippen molar-refractivity contribution >= 4 is 9.84 Å². The third kappa shape index (κ3) is 3.68. The molecule has 1 unspecified atom stereocenters. The molecule has 20 heavy (non-hydrogen) atoms. The first kappa shape index (κ1) is 14.7. The highest BCUT2D eigenvalue weighted by Gasteiger charge is 2.10. The molecule has 1 N–H and O–H groups in total. The van der Waals surface area contributed by atoms with E-state index in [9.17, 15) is 8.42 Å². The van der Waals surface area contributed by atoms with E-state index in [1.165, 1.54) is 6.26 Å². The minimum Gasteiger partial charge on any atom is -0.361 e. The average Bonchev–Trinajstić information content (AvgIpc) is 2.81. The highest BCUT2D eigenvalue weighted by Crippen LogP contribution is 2.16. The third-order valence-corrected chi connectivity index (χ3v) is 4.20. The van der Waals surface area contributed by atoms with Gasteiger partial charge in [-0.25, -0.2) is 8.42 Å². The maximum atomic E-state index is 11.4. The van der Waals surface area contributed by atoms with Crippen LogP contribution in [0, 0.1) is 6.92 Å². The van der Waals surface area contributed by atoms with Crippen LogP contribution in [0.2, 0.25) is 0 Å². The van der Waals surface area contributed by atoms with Gasteiger partial charge in [0, 0.05) is 24.9 Å². The van der Waals surface area contributed by atoms with Gasteiger partial charge in [0.1, 0.15) is 5.76 Å². The molecule has 0 fully saturated rings. The zero-order chi connectivity index (χ0) is 14.8. The van der Waals surface area contributed by atoms with Gasteiger partial charge in [0.2, 0.25) is 0 Å². The van der Waals surface area contributed by atoms with E-state index in [0.717, 1.165) is 17.0 Å². The third-order valence-electron chi connectivity index (χ3n) is 3.07. The Labute approximate surface area is 118 Å². The molecule has 1 aromatic heterocycles. The number of hydrogen-bond donors (Lipinski definition) is 1. The molecular weight excluding hydrogens is 276 g/mol. The number of benzene rings is 1. The number of aryl methyl sites for hydroxylation is 1. The molecule has 1 aromatic carbocycles. The van der Waals surface area contributed by atoms with Crippen molar-refractivity contribution in [2.75, 3.05) is 6.26 Å². The lowest BCUT2D eigenvalue weighted by Gasteiger charge is -2.13. The highest BCUT2D eigenvalue weighted by molar-refractivity contribution is 7.90. The van der Waals surface area contributed by atoms with Gasteiger partial charge in [-0.1, -0.05) is 17.3 Å². The molecule has 108 valence electrons. The molecule has 0 aliphatic heterocycles. The van der Waals surface area contributed by atoms with Gasteiger partial charge in [-0.15, -0.1) is 0 Å². The molecule has 0 bridgehead atoms. The maximum absolute atomic E-state index is 11.4. The summed E-state index contributed by atoms with van der Waals surface area (Å²) in [6.07, 6.45) is 1.20. The average molecular weight is 294 g/mol. The molecule has 0 amide bonds. The first-order valence-corrected chi connectivity index (χ1v) is 8.21. The Kier molecular flexibility index (Phi) is 4.25. The monoisotopic (exact) mass is 294 g/mol. The Morgan fingerprint density at radius 2 is 1.95 bits per heavy atom. The molecule has 5 nitrogen and oxygen atoms in total. The second kappa shape index (κ2) is 5.76. The molecule has 2 aromatic rings. The molecule has 6 heteroatoms. The standard InChI is InChI=1S/C14H18N2O3S/c1-10-8-13(16-19-10)9-15-11(2)12-4-6-14(7-5-12)20(3,17)18/h4-8,11,15H,9H2,1-3H3. The van der Waals surface area contributed by atoms with E-state index in [1.807, 2.05) is 32.0 Å². The van der Waals surface area contributed by atoms with Crippen molar-refractivity contribution in [1.82, 2.24) is 10.5 Å². The van der Waals surface area contributed by atoms with Crippen molar-refractivity contribution in [1.29, 1.82) is 0 Å². The smallest absolute Gasteiger partial charge is 0.175 e. The van der Waals surface area contributed by atoms with Crippen LogP contribution < -0.4 is 5.32 Å². The SMILES string of the molecule is Cc1cc(CNC(C)c2ccc(S(C)(=O)=O)cc2)no1. The molecule has 2 rings (SSSR count). The largest absolute Gasteiger partial charge is 0.361 e. The lowest BCUT2D eigenvalue weighted by atomic mass is 10.1. The van der Waals surface area contributed by atoms with Crippen LogP contribution >= 0.6 is 0 Å². The van der Waals surface area contributed by atoms with Crippen molar-refractivity contribution in [3.8, 4) is 0 Å². The van der Waals surface area contributed by atoms with E-state index in [4.69, 9.17) is 4.52 Å². The van der Waals surface area contributed by atoms with Crippen LogP contribution in [-0.4, -0.2) is 19.8 Å². The highest BCUT2D eigenvalue weighted by atomic mass is 32.2. The fourth-order valence-corrected chi connectivity index (χ4v) is 2.51. The lowest BCUT2D eigenvalue weighted by molar-refractivity contribution is 0.386. The number of nitrogens with zero attached hydrogens (tertiary/aromatic N) is 1. The van der Waals surface area contributed by atoms with Crippen molar-refractivity contribution < 1.29 is 12.9 Å². The number of sulfone groups is 1. The number of rotatable bonds is 5. The zero-order valence-electron chi connectivity index (χ0n) is 11.8. The molecule has 0 saturated heterocycles. The number of nitrogens with one attached hydrogen (secondary N) is 1. The summed E-state index contributed by atoms with van der Waals surface area (Å²) < 4.78 is 27.8. The zero-order valence-corrected chi connectivity index (χ0v) is 12.6. The summed E-state index contributed by atoms with van der Waals surface area (Å²) in [5.41, 5.74) is 1.87. The van der Waals surface area contributed by atoms with Gasteiger partial charge in [-0.2, -0.15) is 0 Å². The van der Waals surface area contributed by atoms with Crippen LogP contribution in [0.25, 0.3) is 0 Å². The first-order valence-electron chi connectivity index (χ1n) is 6.32. The van der Waals surface area contributed by atoms with Gasteiger partial charge < -0.3 is 9.84 Å². The lowest BCUT2D eigenvalue weighted by Crippen LogP contribution is -2.18. The van der Waals surface area contributed by atoms with E-state index in [2.05, 4.69) is 10.5 Å². The van der Waals surface area contributed by atoms with Crippen LogP contribution in [0.5, 0.6) is 0 Å². The summed E-state index contributed by atoms with van der Waals surface area (Å²) in [6.45, 7) is 4.47. The molecule has 0 saturated carbocycles. The normalized spacial score (nSPS) is 13.3. The molecule has 1 heterocycles. The molecule has 0 spiro atoms. The van der Waals surface area contributed by atoms with E-state index in [0.29, 0.717) is 11.4 Å². The Morgan fingerprint density at radius 3 is 2.45 bits per heavy atom. The van der Waals surface area contributed by atoms with Crippen LogP contribution in [-0.2, 0) is 16.4 Å². The van der Waals surface area contributed by atoms with Gasteiger partial charge in [0.05, 0.1) is 10.6 Å². The van der Waals surface area contributed by atoms with Crippen LogP contribution in [0.3, 0.4) is 0 Å². The summed E-state index contributed by atoms with van der Waals surface area (Å²) in [6, 6.07) is 8.88. The summed E-state index contributed by atoms with van der Waals surface area (Å²) in [4.78, 5) is 0.334. The summed E-state index contributed by atoms with van der Waals surface area (Å²) >= 11 is 0. The summed E-state index contributed by atoms with van der Waals surface area (Å²) in [7, 11) is -3.14. The Balaban J connectivity index is 2.00. The van der Waals surface area contributed by atoms with Gasteiger partial charge in [0.15, 0.2) is 9.84 Å². The molecular formula is C14H18N2O3S. The van der Waals surface area contributed by atoms with E-state index in [-0.39, 0.29) is 6.04 Å². The number of hydrogen-bond acceptors (Lipinski definition) is 5. The quantitative estimate of drug-likeness (QED) is 0.915. The van der Waals surface area contributed by atoms with Crippen molar-refractivity contribution in [2.24, 2.45) is 0 Å². The predicted molar refractivity (Wildman–Crippen MR) is 76.0 cm³/mol. The molecule has 1 atom stereocenters. The minimum atomic E-state index is -3.14. The Bertz CT molecular complexity index is 675. The van der Waals surface area contributed by atoms with Crippen molar-refractivity contribution in [2.45, 2.75) is 31.3 Å². The van der Waals surface area contributed by atoms with Crippen LogP contribution in [0.1, 0.15) is 30.0 Å². The fraction of sp³-hybridized carbons (Fsp3) is 0.357. The second-order valence-electron chi connectivity index (χ2n) is 4.87. The van der Waals surface area contributed by atoms with E-state index >= 15 is 0 Å². The number of aromatic nitrogens is 1. The van der Waals surface area contributed by atoms with Crippen molar-refractivity contribution in [3.63, 3.8) is 0 Å². The Morgan fingerprint density at radius 1 is 1.30 bits per heavy atom. The van der Waals surface area contributed by atoms with Crippen LogP contribution in [0.15, 0.2) is 39.8 Å². The molecule has 0 aliphatic rings. The van der Waals surface area contributed by atoms with Gasteiger partial charge >= 0.3 is 0 Å². The molecule has 0 radical (unpaired) electrons. The van der Waals surface area contributed by atoms with Gasteiger partial charge in [-0.05, 0) is 31.5 Å². The summed E-state index contributed by atoms with van der Waals surface area (Å²) in [5.74, 6) is 0.784. The van der Waals surface area contributed by atoms with E-state index < -0.39 is 9.84 Å². The van der Waals surface area contributed by atoms with Gasteiger partial charge in [0.25, 0.3) is 0 Å². The molecule has 0 aliphatic carbocycles. The summed E-state index contributed by atoms with van der Waals surface area (Å²) in [5, 5.41) is 7.23. The minimum absolute atomic E-state index is 0.0978. The Hall–Kier alpha value is -1.66.